The maximum Gasteiger partial charge on any atom is 0.307 e. The van der Waals surface area contributed by atoms with Gasteiger partial charge in [0.2, 0.25) is 0 Å². The van der Waals surface area contributed by atoms with Gasteiger partial charge in [-0.15, -0.1) is 0 Å². The predicted octanol–water partition coefficient (Wildman–Crippen LogP) is 2.80. The highest BCUT2D eigenvalue weighted by Gasteiger charge is 2.53. The van der Waals surface area contributed by atoms with Gasteiger partial charge in [-0.2, -0.15) is 0 Å². The van der Waals surface area contributed by atoms with Crippen molar-refractivity contribution in [3.8, 4) is 0 Å². The number of hydrogen-bond donors (Lipinski definition) is 12. The molecule has 8 bridgehead atoms. The third-order valence-corrected chi connectivity index (χ3v) is 12.8. The van der Waals surface area contributed by atoms with E-state index in [2.05, 4.69) is 20.9 Å². The lowest BCUT2D eigenvalue weighted by Gasteiger charge is -2.33. The summed E-state index contributed by atoms with van der Waals surface area (Å²) in [5.74, 6) is -11.3. The van der Waals surface area contributed by atoms with Crippen molar-refractivity contribution < 1.29 is 79.2 Å². The zero-order valence-corrected chi connectivity index (χ0v) is 34.2. The number of aliphatic carboxylic acids is 8. The Bertz CT molecular complexity index is 2180. The van der Waals surface area contributed by atoms with Crippen LogP contribution in [0.15, 0.2) is 40.4 Å². The first-order chi connectivity index (χ1) is 29.0. The molecule has 4 aliphatic rings. The maximum atomic E-state index is 12.6. The number of H-pyrrole nitrogens is 1. The van der Waals surface area contributed by atoms with Gasteiger partial charge in [0.15, 0.2) is 0 Å². The quantitative estimate of drug-likeness (QED) is 0.0838. The molecule has 1 aromatic heterocycles. The number of carbonyl (C=O) groups is 8. The van der Waals surface area contributed by atoms with Crippen molar-refractivity contribution in [3.63, 3.8) is 0 Å². The average Bonchev–Trinajstić information content (AvgIpc) is 3.77. The van der Waals surface area contributed by atoms with E-state index in [4.69, 9.17) is 0 Å². The number of aromatic amines is 1. The Morgan fingerprint density at radius 3 is 1.79 bits per heavy atom. The molecule has 0 aromatic carbocycles. The highest BCUT2D eigenvalue weighted by Crippen LogP contribution is 2.53. The second kappa shape index (κ2) is 18.7. The number of carboxylic acid groups (broad SMARTS) is 8. The Hall–Kier alpha value is -6.44. The molecule has 1 aromatic rings. The molecular weight excluding hydrogens is 816 g/mol. The first kappa shape index (κ1) is 46.6. The van der Waals surface area contributed by atoms with Crippen LogP contribution >= 0.6 is 0 Å². The number of nitrogens with one attached hydrogen (secondary N) is 4. The highest BCUT2D eigenvalue weighted by atomic mass is 16.4. The van der Waals surface area contributed by atoms with Gasteiger partial charge >= 0.3 is 47.8 Å². The van der Waals surface area contributed by atoms with E-state index >= 15 is 0 Å². The van der Waals surface area contributed by atoms with Crippen molar-refractivity contribution in [2.75, 3.05) is 0 Å². The molecule has 0 amide bonds. The molecule has 0 saturated carbocycles. The highest BCUT2D eigenvalue weighted by molar-refractivity contribution is 5.76. The predicted molar refractivity (Wildman–Crippen MR) is 214 cm³/mol. The molecule has 4 aliphatic heterocycles. The molecule has 2 fully saturated rings. The van der Waals surface area contributed by atoms with Crippen LogP contribution in [0.4, 0.5) is 0 Å². The van der Waals surface area contributed by atoms with E-state index in [9.17, 15) is 79.2 Å². The third-order valence-electron chi connectivity index (χ3n) is 12.8. The zero-order valence-electron chi connectivity index (χ0n) is 34.2. The standard InChI is InChI=1S/C42H52N4O16/c1-41(17-39(59)60)23(5-9-35(51)52)29-14-27-21(11-37(55)56)19(3-7-33(47)48)25(43-27)13-26-20(4-8-34(49)50)22(12-38(57)58)28(44-26)15-31-42(2,18-40(61)62)24(6-10-36(53)54)30(46-31)16-32(41)45-29/h14-16,23-25,27,30,43-46H,3-13,17-18H2,1-2H3,(H,47,48)(H,49,50)(H,51,52)(H,53,54)(H,55,56)(H,57,58)(H,59,60)(H,61,62). The van der Waals surface area contributed by atoms with Crippen LogP contribution in [0.5, 0.6) is 0 Å². The monoisotopic (exact) mass is 868 g/mol. The topological polar surface area (TPSA) is 350 Å². The van der Waals surface area contributed by atoms with Crippen molar-refractivity contribution in [2.45, 2.75) is 115 Å². The van der Waals surface area contributed by atoms with Crippen molar-refractivity contribution in [1.29, 1.82) is 0 Å². The van der Waals surface area contributed by atoms with Crippen molar-refractivity contribution in [1.82, 2.24) is 20.9 Å². The van der Waals surface area contributed by atoms with Gasteiger partial charge in [0, 0.05) is 95.5 Å². The summed E-state index contributed by atoms with van der Waals surface area (Å²) in [6, 6.07) is -2.65. The van der Waals surface area contributed by atoms with Gasteiger partial charge in [0.05, 0.1) is 25.7 Å². The Kier molecular flexibility index (Phi) is 14.0. The number of hydrogen-bond acceptors (Lipinski definition) is 11. The molecule has 336 valence electrons. The zero-order chi connectivity index (χ0) is 45.8. The minimum Gasteiger partial charge on any atom is -0.481 e. The number of rotatable bonds is 20. The summed E-state index contributed by atoms with van der Waals surface area (Å²) in [7, 11) is 0. The Balaban J connectivity index is 1.90. The van der Waals surface area contributed by atoms with E-state index in [1.54, 1.807) is 26.0 Å². The molecule has 0 spiro atoms. The smallest absolute Gasteiger partial charge is 0.307 e. The molecule has 62 heavy (non-hydrogen) atoms. The van der Waals surface area contributed by atoms with E-state index in [0.717, 1.165) is 0 Å². The summed E-state index contributed by atoms with van der Waals surface area (Å²) in [5.41, 5.74) is -0.0966. The van der Waals surface area contributed by atoms with Crippen LogP contribution in [-0.4, -0.2) is 112 Å². The van der Waals surface area contributed by atoms with Crippen LogP contribution in [0, 0.1) is 22.7 Å². The van der Waals surface area contributed by atoms with Crippen LogP contribution in [0.2, 0.25) is 0 Å². The molecular formula is C42H52N4O16. The lowest BCUT2D eigenvalue weighted by molar-refractivity contribution is -0.141. The number of carboxylic acids is 8. The van der Waals surface area contributed by atoms with E-state index in [1.807, 2.05) is 0 Å². The molecule has 0 radical (unpaired) electrons. The summed E-state index contributed by atoms with van der Waals surface area (Å²) in [4.78, 5) is 101. The van der Waals surface area contributed by atoms with Gasteiger partial charge in [-0.05, 0) is 66.5 Å². The molecule has 0 aliphatic carbocycles. The van der Waals surface area contributed by atoms with E-state index < -0.39 is 140 Å². The van der Waals surface area contributed by atoms with Gasteiger partial charge in [0.1, 0.15) is 0 Å². The molecule has 5 rings (SSSR count). The SMILES string of the molecule is CC1(CC(=O)O)C2=CC3NC(=Cc4[nH]c(c(CCC(=O)O)c4CC(=O)O)CC4NC(C=C(N2)C1CCC(=O)O)C(CC(=O)O)=C4CCC(=O)O)C(C)(CC(=O)O)C3CCC(=O)O. The molecule has 5 heterocycles. The molecule has 7 atom stereocenters. The van der Waals surface area contributed by atoms with Gasteiger partial charge in [-0.3, -0.25) is 43.7 Å². The summed E-state index contributed by atoms with van der Waals surface area (Å²) in [5, 5.41) is 90.0. The normalized spacial score (nSPS) is 26.4. The molecule has 12 N–H and O–H groups in total. The van der Waals surface area contributed by atoms with Gasteiger partial charge in [-0.25, -0.2) is 0 Å². The molecule has 2 saturated heterocycles. The summed E-state index contributed by atoms with van der Waals surface area (Å²) in [6.07, 6.45) is 0.473. The number of aromatic nitrogens is 1. The second-order valence-corrected chi connectivity index (χ2v) is 16.9. The third kappa shape index (κ3) is 10.4. The minimum atomic E-state index is -1.37. The van der Waals surface area contributed by atoms with Crippen molar-refractivity contribution >= 4 is 53.8 Å². The van der Waals surface area contributed by atoms with Gasteiger partial charge < -0.3 is 56.5 Å². The molecule has 20 nitrogen and oxygen atoms in total. The van der Waals surface area contributed by atoms with Gasteiger partial charge in [0.25, 0.3) is 0 Å². The van der Waals surface area contributed by atoms with E-state index in [-0.39, 0.29) is 49.1 Å². The van der Waals surface area contributed by atoms with Crippen LogP contribution < -0.4 is 16.0 Å². The van der Waals surface area contributed by atoms with Crippen LogP contribution in [0.1, 0.15) is 101 Å². The Labute approximate surface area is 354 Å². The fraction of sp³-hybridized carbons (Fsp3) is 0.524. The fourth-order valence-corrected chi connectivity index (χ4v) is 9.99. The lowest BCUT2D eigenvalue weighted by Crippen LogP contribution is -2.35. The van der Waals surface area contributed by atoms with E-state index in [0.29, 0.717) is 33.8 Å². The lowest BCUT2D eigenvalue weighted by atomic mass is 9.68. The summed E-state index contributed by atoms with van der Waals surface area (Å²) < 4.78 is 0. The Morgan fingerprint density at radius 1 is 0.629 bits per heavy atom. The van der Waals surface area contributed by atoms with Gasteiger partial charge in [-0.1, -0.05) is 19.4 Å². The van der Waals surface area contributed by atoms with Crippen LogP contribution in [0.3, 0.4) is 0 Å². The summed E-state index contributed by atoms with van der Waals surface area (Å²) in [6.45, 7) is 3.25. The fourth-order valence-electron chi connectivity index (χ4n) is 9.99. The van der Waals surface area contributed by atoms with Crippen molar-refractivity contribution in [2.24, 2.45) is 22.7 Å². The Morgan fingerprint density at radius 2 is 1.21 bits per heavy atom. The summed E-state index contributed by atoms with van der Waals surface area (Å²) >= 11 is 0. The van der Waals surface area contributed by atoms with Crippen molar-refractivity contribution in [3.05, 3.63) is 62.9 Å². The second-order valence-electron chi connectivity index (χ2n) is 16.9. The number of allylic oxidation sites excluding steroid dienone is 3. The largest absolute Gasteiger partial charge is 0.481 e. The first-order valence-electron chi connectivity index (χ1n) is 20.2. The van der Waals surface area contributed by atoms with E-state index in [1.165, 1.54) is 6.08 Å². The van der Waals surface area contributed by atoms with Crippen LogP contribution in [0.25, 0.3) is 6.08 Å². The average molecular weight is 869 g/mol. The minimum absolute atomic E-state index is 0.0517. The molecule has 20 heteroatoms. The number of fused-ring (bicyclic) bond motifs is 8. The van der Waals surface area contributed by atoms with Crippen LogP contribution in [-0.2, 0) is 57.6 Å². The first-order valence-corrected chi connectivity index (χ1v) is 20.2. The molecule has 7 unspecified atom stereocenters. The maximum absolute atomic E-state index is 12.6.